The maximum absolute atomic E-state index is 5.84. The summed E-state index contributed by atoms with van der Waals surface area (Å²) in [6.07, 6.45) is 1.02. The van der Waals surface area contributed by atoms with Crippen molar-refractivity contribution in [3.8, 4) is 5.75 Å². The summed E-state index contributed by atoms with van der Waals surface area (Å²) in [5.74, 6) is 0.998. The van der Waals surface area contributed by atoms with E-state index < -0.39 is 0 Å². The quantitative estimate of drug-likeness (QED) is 0.705. The Balaban J connectivity index is 2.01. The van der Waals surface area contributed by atoms with Crippen LogP contribution in [0.5, 0.6) is 5.75 Å². The molecule has 1 aromatic carbocycles. The summed E-state index contributed by atoms with van der Waals surface area (Å²) in [5.41, 5.74) is 2.33. The average Bonchev–Trinajstić information content (AvgIpc) is 2.53. The van der Waals surface area contributed by atoms with Crippen molar-refractivity contribution >= 4 is 5.69 Å². The second kappa shape index (κ2) is 8.87. The van der Waals surface area contributed by atoms with E-state index in [1.54, 1.807) is 14.2 Å². The molecule has 118 valence electrons. The zero-order chi connectivity index (χ0) is 14.9. The van der Waals surface area contributed by atoms with Crippen LogP contribution in [0.25, 0.3) is 0 Å². The van der Waals surface area contributed by atoms with Crippen LogP contribution in [0.3, 0.4) is 0 Å². The van der Waals surface area contributed by atoms with Gasteiger partial charge in [0, 0.05) is 52.6 Å². The minimum atomic E-state index is 0.728. The highest BCUT2D eigenvalue weighted by molar-refractivity contribution is 5.61. The maximum atomic E-state index is 5.84. The summed E-state index contributed by atoms with van der Waals surface area (Å²) in [6.45, 7) is 5.91. The largest absolute Gasteiger partial charge is 0.489 e. The van der Waals surface area contributed by atoms with Crippen molar-refractivity contribution in [2.75, 3.05) is 59.0 Å². The van der Waals surface area contributed by atoms with Gasteiger partial charge < -0.3 is 19.5 Å². The number of nitrogens with zero attached hydrogens (tertiary/aromatic N) is 1. The summed E-state index contributed by atoms with van der Waals surface area (Å²) in [5, 5.41) is 3.38. The number of para-hydroxylation sites is 1. The van der Waals surface area contributed by atoms with Gasteiger partial charge in [0.1, 0.15) is 12.4 Å². The fraction of sp³-hybridized carbons (Fsp3) is 0.625. The van der Waals surface area contributed by atoms with Gasteiger partial charge in [-0.05, 0) is 12.5 Å². The molecule has 1 aliphatic heterocycles. The van der Waals surface area contributed by atoms with Gasteiger partial charge in [-0.15, -0.1) is 0 Å². The van der Waals surface area contributed by atoms with E-state index in [4.69, 9.17) is 14.2 Å². The van der Waals surface area contributed by atoms with Gasteiger partial charge in [-0.1, -0.05) is 12.1 Å². The molecule has 2 rings (SSSR count). The molecule has 1 N–H and O–H groups in total. The summed E-state index contributed by atoms with van der Waals surface area (Å²) in [6, 6.07) is 6.30. The van der Waals surface area contributed by atoms with Gasteiger partial charge in [0.25, 0.3) is 0 Å². The van der Waals surface area contributed by atoms with Crippen molar-refractivity contribution in [1.29, 1.82) is 0 Å². The van der Waals surface area contributed by atoms with E-state index in [1.165, 1.54) is 5.56 Å². The lowest BCUT2D eigenvalue weighted by molar-refractivity contribution is 0.128. The van der Waals surface area contributed by atoms with Crippen LogP contribution in [0.4, 0.5) is 5.69 Å². The first-order valence-corrected chi connectivity index (χ1v) is 7.54. The number of nitrogens with one attached hydrogen (secondary N) is 1. The van der Waals surface area contributed by atoms with Crippen molar-refractivity contribution in [3.63, 3.8) is 0 Å². The molecular formula is C16H26N2O3. The van der Waals surface area contributed by atoms with Gasteiger partial charge in [-0.2, -0.15) is 0 Å². The summed E-state index contributed by atoms with van der Waals surface area (Å²) in [7, 11) is 3.48. The van der Waals surface area contributed by atoms with Gasteiger partial charge in [-0.25, -0.2) is 0 Å². The van der Waals surface area contributed by atoms with E-state index >= 15 is 0 Å². The molecule has 5 nitrogen and oxygen atoms in total. The molecule has 0 saturated carbocycles. The third kappa shape index (κ3) is 4.88. The van der Waals surface area contributed by atoms with Crippen molar-refractivity contribution < 1.29 is 14.2 Å². The third-order valence-corrected chi connectivity index (χ3v) is 3.59. The maximum Gasteiger partial charge on any atom is 0.146 e. The molecule has 5 heteroatoms. The topological polar surface area (TPSA) is 43.0 Å². The van der Waals surface area contributed by atoms with E-state index in [1.807, 2.05) is 0 Å². The predicted molar refractivity (Wildman–Crippen MR) is 84.1 cm³/mol. The van der Waals surface area contributed by atoms with Gasteiger partial charge in [0.05, 0.1) is 12.3 Å². The molecular weight excluding hydrogens is 268 g/mol. The number of hydrogen-bond donors (Lipinski definition) is 1. The zero-order valence-electron chi connectivity index (χ0n) is 13.1. The Morgan fingerprint density at radius 2 is 2.05 bits per heavy atom. The molecule has 0 spiro atoms. The van der Waals surface area contributed by atoms with E-state index in [0.29, 0.717) is 0 Å². The van der Waals surface area contributed by atoms with Crippen LogP contribution in [0.15, 0.2) is 18.2 Å². The number of methoxy groups -OCH3 is 2. The second-order valence-electron chi connectivity index (χ2n) is 5.18. The highest BCUT2D eigenvalue weighted by Crippen LogP contribution is 2.31. The molecule has 0 fully saturated rings. The lowest BCUT2D eigenvalue weighted by atomic mass is 10.1. The lowest BCUT2D eigenvalue weighted by Gasteiger charge is -2.26. The number of hydrogen-bond acceptors (Lipinski definition) is 5. The Hall–Kier alpha value is -1.30. The van der Waals surface area contributed by atoms with Gasteiger partial charge in [0.2, 0.25) is 0 Å². The molecule has 1 heterocycles. The van der Waals surface area contributed by atoms with Crippen molar-refractivity contribution in [1.82, 2.24) is 4.90 Å². The van der Waals surface area contributed by atoms with Crippen molar-refractivity contribution in [2.24, 2.45) is 0 Å². The van der Waals surface area contributed by atoms with Gasteiger partial charge in [0.15, 0.2) is 0 Å². The highest BCUT2D eigenvalue weighted by atomic mass is 16.5. The Labute approximate surface area is 127 Å². The fourth-order valence-corrected chi connectivity index (χ4v) is 2.52. The Bertz CT molecular complexity index is 426. The first-order valence-electron chi connectivity index (χ1n) is 7.54. The minimum Gasteiger partial charge on any atom is -0.489 e. The molecule has 0 amide bonds. The second-order valence-corrected chi connectivity index (χ2v) is 5.18. The van der Waals surface area contributed by atoms with E-state index in [-0.39, 0.29) is 0 Å². The first kappa shape index (κ1) is 16.1. The summed E-state index contributed by atoms with van der Waals surface area (Å²) < 4.78 is 16.2. The zero-order valence-corrected chi connectivity index (χ0v) is 13.1. The monoisotopic (exact) mass is 294 g/mol. The van der Waals surface area contributed by atoms with E-state index in [2.05, 4.69) is 28.4 Å². The average molecular weight is 294 g/mol. The lowest BCUT2D eigenvalue weighted by Crippen LogP contribution is -2.29. The van der Waals surface area contributed by atoms with E-state index in [0.717, 1.165) is 63.9 Å². The number of anilines is 1. The summed E-state index contributed by atoms with van der Waals surface area (Å²) >= 11 is 0. The summed E-state index contributed by atoms with van der Waals surface area (Å²) in [4.78, 5) is 2.39. The predicted octanol–water partition coefficient (Wildman–Crippen LogP) is 1.98. The Morgan fingerprint density at radius 3 is 2.86 bits per heavy atom. The van der Waals surface area contributed by atoms with Crippen molar-refractivity contribution in [3.05, 3.63) is 23.8 Å². The SMILES string of the molecule is COCCCN(CCOC)Cc1cccc2c1OCCN2. The van der Waals surface area contributed by atoms with Crippen LogP contribution >= 0.6 is 0 Å². The van der Waals surface area contributed by atoms with Crippen LogP contribution in [0, 0.1) is 0 Å². The standard InChI is InChI=1S/C16H26N2O3/c1-19-10-4-8-18(9-12-20-2)13-14-5-3-6-15-16(14)21-11-7-17-15/h3,5-6,17H,4,7-13H2,1-2H3. The molecule has 0 aliphatic carbocycles. The molecule has 0 bridgehead atoms. The molecule has 21 heavy (non-hydrogen) atoms. The number of rotatable bonds is 9. The molecule has 0 aromatic heterocycles. The van der Waals surface area contributed by atoms with Gasteiger partial charge >= 0.3 is 0 Å². The minimum absolute atomic E-state index is 0.728. The fourth-order valence-electron chi connectivity index (χ4n) is 2.52. The molecule has 0 atom stereocenters. The smallest absolute Gasteiger partial charge is 0.146 e. The Kier molecular flexibility index (Phi) is 6.79. The first-order chi connectivity index (χ1) is 10.3. The third-order valence-electron chi connectivity index (χ3n) is 3.59. The van der Waals surface area contributed by atoms with Gasteiger partial charge in [-0.3, -0.25) is 4.90 Å². The van der Waals surface area contributed by atoms with Crippen LogP contribution in [-0.4, -0.2) is 58.6 Å². The van der Waals surface area contributed by atoms with Crippen LogP contribution in [0.2, 0.25) is 0 Å². The highest BCUT2D eigenvalue weighted by Gasteiger charge is 2.16. The molecule has 1 aromatic rings. The number of ether oxygens (including phenoxy) is 3. The number of benzene rings is 1. The van der Waals surface area contributed by atoms with Crippen molar-refractivity contribution in [2.45, 2.75) is 13.0 Å². The van der Waals surface area contributed by atoms with Crippen LogP contribution in [-0.2, 0) is 16.0 Å². The van der Waals surface area contributed by atoms with Crippen LogP contribution < -0.4 is 10.1 Å². The molecule has 0 saturated heterocycles. The van der Waals surface area contributed by atoms with Crippen LogP contribution in [0.1, 0.15) is 12.0 Å². The molecule has 0 radical (unpaired) electrons. The normalized spacial score (nSPS) is 13.7. The molecule has 1 aliphatic rings. The van der Waals surface area contributed by atoms with E-state index in [9.17, 15) is 0 Å². The number of fused-ring (bicyclic) bond motifs is 1. The molecule has 0 unspecified atom stereocenters. The Morgan fingerprint density at radius 1 is 1.19 bits per heavy atom.